The molecule has 142 valence electrons. The second-order valence-electron chi connectivity index (χ2n) is 7.24. The predicted molar refractivity (Wildman–Crippen MR) is 105 cm³/mol. The molecule has 1 atom stereocenters. The number of benzene rings is 1. The molecule has 0 amide bonds. The fourth-order valence-corrected chi connectivity index (χ4v) is 3.42. The molecule has 1 fully saturated rings. The molecular weight excluding hydrogens is 345 g/mol. The zero-order valence-corrected chi connectivity index (χ0v) is 15.5. The number of rotatable bonds is 4. The van der Waals surface area contributed by atoms with E-state index in [1.165, 1.54) is 6.20 Å². The molecule has 4 rings (SSSR count). The van der Waals surface area contributed by atoms with Crippen molar-refractivity contribution in [2.45, 2.75) is 26.3 Å². The first-order valence-electron chi connectivity index (χ1n) is 9.31. The molecule has 1 aromatic carbocycles. The lowest BCUT2D eigenvalue weighted by Gasteiger charge is -2.21. The van der Waals surface area contributed by atoms with Crippen LogP contribution < -0.4 is 15.5 Å². The molecule has 1 aliphatic rings. The van der Waals surface area contributed by atoms with E-state index in [0.717, 1.165) is 42.6 Å². The molecule has 1 unspecified atom stereocenters. The van der Waals surface area contributed by atoms with Gasteiger partial charge in [0.2, 0.25) is 5.95 Å². The van der Waals surface area contributed by atoms with Gasteiger partial charge in [0.1, 0.15) is 0 Å². The van der Waals surface area contributed by atoms with Gasteiger partial charge in [0.15, 0.2) is 11.6 Å². The standard InChI is InChI=1S/C19H24FN7/c1-12(2)16-5-7-27(8-6-21-16)19-22-11-15(20)18(25-19)24-14-3-4-17-13(9-14)10-23-26-17/h3-4,9-12,16,21H,5-8H2,1-2H3,(H,23,26)(H,22,24,25). The van der Waals surface area contributed by atoms with E-state index in [4.69, 9.17) is 0 Å². The summed E-state index contributed by atoms with van der Waals surface area (Å²) < 4.78 is 14.3. The highest BCUT2D eigenvalue weighted by Gasteiger charge is 2.21. The van der Waals surface area contributed by atoms with Crippen LogP contribution in [-0.4, -0.2) is 45.8 Å². The molecule has 0 spiro atoms. The van der Waals surface area contributed by atoms with Gasteiger partial charge in [-0.25, -0.2) is 9.37 Å². The molecule has 3 heterocycles. The van der Waals surface area contributed by atoms with Gasteiger partial charge in [-0.15, -0.1) is 0 Å². The Morgan fingerprint density at radius 3 is 3.00 bits per heavy atom. The Morgan fingerprint density at radius 2 is 2.15 bits per heavy atom. The third-order valence-corrected chi connectivity index (χ3v) is 5.02. The van der Waals surface area contributed by atoms with Crippen LogP contribution in [-0.2, 0) is 0 Å². The largest absolute Gasteiger partial charge is 0.339 e. The average molecular weight is 369 g/mol. The van der Waals surface area contributed by atoms with E-state index in [2.05, 4.69) is 49.5 Å². The zero-order chi connectivity index (χ0) is 18.8. The van der Waals surface area contributed by atoms with E-state index in [1.54, 1.807) is 6.20 Å². The number of hydrogen-bond donors (Lipinski definition) is 3. The van der Waals surface area contributed by atoms with Crippen LogP contribution in [0.2, 0.25) is 0 Å². The minimum Gasteiger partial charge on any atom is -0.339 e. The normalized spacial score (nSPS) is 18.1. The molecular formula is C19H24FN7. The molecule has 0 radical (unpaired) electrons. The summed E-state index contributed by atoms with van der Waals surface area (Å²) in [4.78, 5) is 10.8. The monoisotopic (exact) mass is 369 g/mol. The number of fused-ring (bicyclic) bond motifs is 1. The van der Waals surface area contributed by atoms with Crippen molar-refractivity contribution in [1.29, 1.82) is 0 Å². The molecule has 2 aromatic heterocycles. The Hall–Kier alpha value is -2.74. The summed E-state index contributed by atoms with van der Waals surface area (Å²) in [5.74, 6) is 0.836. The summed E-state index contributed by atoms with van der Waals surface area (Å²) in [6.07, 6.45) is 3.98. The van der Waals surface area contributed by atoms with Crippen molar-refractivity contribution >= 4 is 28.4 Å². The summed E-state index contributed by atoms with van der Waals surface area (Å²) in [6, 6.07) is 6.15. The van der Waals surface area contributed by atoms with E-state index >= 15 is 0 Å². The lowest BCUT2D eigenvalue weighted by molar-refractivity contribution is 0.403. The number of anilines is 3. The van der Waals surface area contributed by atoms with E-state index < -0.39 is 5.82 Å². The van der Waals surface area contributed by atoms with Crippen molar-refractivity contribution in [2.24, 2.45) is 5.92 Å². The first-order valence-corrected chi connectivity index (χ1v) is 9.31. The van der Waals surface area contributed by atoms with Crippen LogP contribution in [0.1, 0.15) is 20.3 Å². The van der Waals surface area contributed by atoms with Gasteiger partial charge in [0.05, 0.1) is 17.9 Å². The number of aromatic amines is 1. The molecule has 0 saturated carbocycles. The minimum atomic E-state index is -0.473. The lowest BCUT2D eigenvalue weighted by Crippen LogP contribution is -2.34. The quantitative estimate of drug-likeness (QED) is 0.656. The van der Waals surface area contributed by atoms with Crippen molar-refractivity contribution in [1.82, 2.24) is 25.5 Å². The van der Waals surface area contributed by atoms with E-state index in [9.17, 15) is 4.39 Å². The summed E-state index contributed by atoms with van der Waals surface area (Å²) in [6.45, 7) is 6.96. The topological polar surface area (TPSA) is 81.8 Å². The average Bonchev–Trinajstić information content (AvgIpc) is 2.97. The lowest BCUT2D eigenvalue weighted by atomic mass is 10.0. The second kappa shape index (κ2) is 7.48. The Kier molecular flexibility index (Phi) is 4.89. The summed E-state index contributed by atoms with van der Waals surface area (Å²) in [7, 11) is 0. The van der Waals surface area contributed by atoms with Crippen LogP contribution >= 0.6 is 0 Å². The molecule has 0 aliphatic carbocycles. The first-order chi connectivity index (χ1) is 13.1. The third-order valence-electron chi connectivity index (χ3n) is 5.02. The maximum atomic E-state index is 14.3. The fourth-order valence-electron chi connectivity index (χ4n) is 3.42. The molecule has 3 N–H and O–H groups in total. The predicted octanol–water partition coefficient (Wildman–Crippen LogP) is 3.06. The van der Waals surface area contributed by atoms with Crippen LogP contribution in [0.4, 0.5) is 21.8 Å². The number of H-pyrrole nitrogens is 1. The van der Waals surface area contributed by atoms with Crippen molar-refractivity contribution in [2.75, 3.05) is 29.9 Å². The highest BCUT2D eigenvalue weighted by molar-refractivity contribution is 5.82. The molecule has 7 nitrogen and oxygen atoms in total. The molecule has 27 heavy (non-hydrogen) atoms. The van der Waals surface area contributed by atoms with Gasteiger partial charge in [0, 0.05) is 36.7 Å². The maximum absolute atomic E-state index is 14.3. The third kappa shape index (κ3) is 3.85. The van der Waals surface area contributed by atoms with E-state index in [1.807, 2.05) is 18.2 Å². The molecule has 1 aliphatic heterocycles. The van der Waals surface area contributed by atoms with E-state index in [0.29, 0.717) is 17.9 Å². The Morgan fingerprint density at radius 1 is 1.26 bits per heavy atom. The van der Waals surface area contributed by atoms with Crippen molar-refractivity contribution < 1.29 is 4.39 Å². The SMILES string of the molecule is CC(C)C1CCN(c2ncc(F)c(Nc3ccc4[nH]ncc4c3)n2)CCN1. The number of halogens is 1. The summed E-state index contributed by atoms with van der Waals surface area (Å²) >= 11 is 0. The van der Waals surface area contributed by atoms with Gasteiger partial charge in [-0.1, -0.05) is 13.8 Å². The smallest absolute Gasteiger partial charge is 0.227 e. The summed E-state index contributed by atoms with van der Waals surface area (Å²) in [5, 5.41) is 14.5. The van der Waals surface area contributed by atoms with Gasteiger partial charge in [-0.3, -0.25) is 5.10 Å². The fraction of sp³-hybridized carbons (Fsp3) is 0.421. The molecule has 3 aromatic rings. The van der Waals surface area contributed by atoms with Crippen LogP contribution in [0.5, 0.6) is 0 Å². The first kappa shape index (κ1) is 17.7. The van der Waals surface area contributed by atoms with Crippen molar-refractivity contribution in [3.8, 4) is 0 Å². The van der Waals surface area contributed by atoms with Gasteiger partial charge in [0.25, 0.3) is 0 Å². The molecule has 8 heteroatoms. The van der Waals surface area contributed by atoms with E-state index in [-0.39, 0.29) is 5.82 Å². The Balaban J connectivity index is 1.54. The Labute approximate surface area is 157 Å². The van der Waals surface area contributed by atoms with Crippen LogP contribution in [0.3, 0.4) is 0 Å². The van der Waals surface area contributed by atoms with Gasteiger partial charge in [-0.05, 0) is 30.5 Å². The maximum Gasteiger partial charge on any atom is 0.227 e. The van der Waals surface area contributed by atoms with Crippen LogP contribution in [0.25, 0.3) is 10.9 Å². The number of nitrogens with one attached hydrogen (secondary N) is 3. The van der Waals surface area contributed by atoms with Crippen molar-refractivity contribution in [3.63, 3.8) is 0 Å². The van der Waals surface area contributed by atoms with Crippen molar-refractivity contribution in [3.05, 3.63) is 36.4 Å². The number of aromatic nitrogens is 4. The van der Waals surface area contributed by atoms with Crippen LogP contribution in [0.15, 0.2) is 30.6 Å². The van der Waals surface area contributed by atoms with Crippen LogP contribution in [0, 0.1) is 11.7 Å². The molecule has 1 saturated heterocycles. The number of hydrogen-bond acceptors (Lipinski definition) is 6. The second-order valence-corrected chi connectivity index (χ2v) is 7.24. The summed E-state index contributed by atoms with van der Waals surface area (Å²) in [5.41, 5.74) is 1.69. The zero-order valence-electron chi connectivity index (χ0n) is 15.5. The molecule has 0 bridgehead atoms. The highest BCUT2D eigenvalue weighted by atomic mass is 19.1. The highest BCUT2D eigenvalue weighted by Crippen LogP contribution is 2.23. The minimum absolute atomic E-state index is 0.181. The van der Waals surface area contributed by atoms with Gasteiger partial charge >= 0.3 is 0 Å². The van der Waals surface area contributed by atoms with Gasteiger partial charge < -0.3 is 15.5 Å². The van der Waals surface area contributed by atoms with Gasteiger partial charge in [-0.2, -0.15) is 10.1 Å². The Bertz CT molecular complexity index is 923. The number of nitrogens with zero attached hydrogens (tertiary/aromatic N) is 4.